The summed E-state index contributed by atoms with van der Waals surface area (Å²) in [5.41, 5.74) is 9.29. The minimum absolute atomic E-state index is 0.0645. The number of esters is 1. The Kier molecular flexibility index (Phi) is 5.71. The number of ether oxygens (including phenoxy) is 1. The minimum atomic E-state index is -0.422. The number of carbonyl (C=O) groups excluding carboxylic acids is 1. The summed E-state index contributed by atoms with van der Waals surface area (Å²) in [6.07, 6.45) is 5.26. The molecule has 1 aromatic heterocycles. The van der Waals surface area contributed by atoms with Crippen LogP contribution in [0, 0.1) is 6.92 Å². The Hall–Kier alpha value is -2.93. The van der Waals surface area contributed by atoms with E-state index in [2.05, 4.69) is 27.0 Å². The van der Waals surface area contributed by atoms with Gasteiger partial charge in [-0.3, -0.25) is 0 Å². The average molecular weight is 368 g/mol. The van der Waals surface area contributed by atoms with Gasteiger partial charge in [0.15, 0.2) is 0 Å². The van der Waals surface area contributed by atoms with Gasteiger partial charge < -0.3 is 20.5 Å². The van der Waals surface area contributed by atoms with Crippen molar-refractivity contribution < 1.29 is 14.6 Å². The zero-order valence-electron chi connectivity index (χ0n) is 15.5. The van der Waals surface area contributed by atoms with E-state index in [4.69, 9.17) is 10.5 Å². The Labute approximate surface area is 158 Å². The van der Waals surface area contributed by atoms with Gasteiger partial charge in [-0.2, -0.15) is 0 Å². The maximum atomic E-state index is 11.7. The van der Waals surface area contributed by atoms with Crippen LogP contribution < -0.4 is 10.6 Å². The van der Waals surface area contributed by atoms with Gasteiger partial charge in [0.2, 0.25) is 0 Å². The van der Waals surface area contributed by atoms with Crippen LogP contribution in [0.3, 0.4) is 0 Å². The maximum Gasteiger partial charge on any atom is 0.330 e. The van der Waals surface area contributed by atoms with Gasteiger partial charge in [-0.25, -0.2) is 14.8 Å². The first kappa shape index (κ1) is 18.8. The number of hydrogen-bond donors (Lipinski definition) is 2. The third-order valence-electron chi connectivity index (χ3n) is 4.80. The van der Waals surface area contributed by atoms with Crippen LogP contribution in [0.4, 0.5) is 11.6 Å². The molecule has 1 aliphatic rings. The average Bonchev–Trinajstić information content (AvgIpc) is 2.99. The summed E-state index contributed by atoms with van der Waals surface area (Å²) in [6.45, 7) is 2.68. The van der Waals surface area contributed by atoms with Crippen molar-refractivity contribution in [3.05, 3.63) is 59.4 Å². The van der Waals surface area contributed by atoms with Gasteiger partial charge >= 0.3 is 5.97 Å². The van der Waals surface area contributed by atoms with Crippen molar-refractivity contribution in [3.8, 4) is 0 Å². The summed E-state index contributed by atoms with van der Waals surface area (Å²) in [6, 6.07) is 8.03. The number of nitrogen functional groups attached to an aromatic ring is 1. The van der Waals surface area contributed by atoms with Crippen LogP contribution in [0.5, 0.6) is 0 Å². The van der Waals surface area contributed by atoms with Crippen molar-refractivity contribution in [3.63, 3.8) is 0 Å². The SMILES string of the molecule is COC(=O)/C=C/C1C(c2ccc(C)cc2)c2c(N)ncnc2N1CCCO. The molecule has 1 aliphatic heterocycles. The van der Waals surface area contributed by atoms with E-state index in [-0.39, 0.29) is 18.6 Å². The highest BCUT2D eigenvalue weighted by atomic mass is 16.5. The highest BCUT2D eigenvalue weighted by Gasteiger charge is 2.40. The lowest BCUT2D eigenvalue weighted by molar-refractivity contribution is -0.134. The van der Waals surface area contributed by atoms with Crippen LogP contribution in [-0.4, -0.2) is 47.3 Å². The van der Waals surface area contributed by atoms with E-state index in [1.165, 1.54) is 19.5 Å². The number of aliphatic hydroxyl groups excluding tert-OH is 1. The number of carbonyl (C=O) groups is 1. The molecular formula is C20H24N4O3. The number of aryl methyl sites for hydroxylation is 1. The van der Waals surface area contributed by atoms with Crippen LogP contribution in [-0.2, 0) is 9.53 Å². The van der Waals surface area contributed by atoms with Crippen LogP contribution in [0.25, 0.3) is 0 Å². The van der Waals surface area contributed by atoms with Crippen LogP contribution >= 0.6 is 0 Å². The molecule has 2 heterocycles. The Morgan fingerprint density at radius 1 is 1.33 bits per heavy atom. The van der Waals surface area contributed by atoms with Crippen molar-refractivity contribution in [2.24, 2.45) is 0 Å². The highest BCUT2D eigenvalue weighted by Crippen LogP contribution is 2.46. The summed E-state index contributed by atoms with van der Waals surface area (Å²) in [7, 11) is 1.35. The monoisotopic (exact) mass is 368 g/mol. The summed E-state index contributed by atoms with van der Waals surface area (Å²) >= 11 is 0. The lowest BCUT2D eigenvalue weighted by Gasteiger charge is -2.27. The smallest absolute Gasteiger partial charge is 0.330 e. The highest BCUT2D eigenvalue weighted by molar-refractivity contribution is 5.82. The summed E-state index contributed by atoms with van der Waals surface area (Å²) in [4.78, 5) is 22.4. The van der Waals surface area contributed by atoms with Crippen molar-refractivity contribution in [2.75, 3.05) is 30.9 Å². The second-order valence-electron chi connectivity index (χ2n) is 6.53. The predicted molar refractivity (Wildman–Crippen MR) is 103 cm³/mol. The number of aromatic nitrogens is 2. The molecule has 2 aromatic rings. The lowest BCUT2D eigenvalue weighted by Crippen LogP contribution is -2.34. The topological polar surface area (TPSA) is 102 Å². The molecule has 0 spiro atoms. The van der Waals surface area contributed by atoms with Gasteiger partial charge in [0.05, 0.1) is 13.2 Å². The van der Waals surface area contributed by atoms with Crippen molar-refractivity contribution >= 4 is 17.6 Å². The number of fused-ring (bicyclic) bond motifs is 1. The molecule has 0 bridgehead atoms. The molecule has 0 amide bonds. The number of hydrogen-bond acceptors (Lipinski definition) is 7. The van der Waals surface area contributed by atoms with Crippen molar-refractivity contribution in [2.45, 2.75) is 25.3 Å². The molecule has 0 fully saturated rings. The standard InChI is InChI=1S/C20H24N4O3/c1-13-4-6-14(7-5-13)17-15(8-9-16(26)27-2)24(10-3-11-25)20-18(17)19(21)22-12-23-20/h4-9,12,15,17,25H,3,10-11H2,1-2H3,(H2,21,22,23)/b9-8+. The molecule has 142 valence electrons. The number of methoxy groups -OCH3 is 1. The fourth-order valence-electron chi connectivity index (χ4n) is 3.51. The van der Waals surface area contributed by atoms with Gasteiger partial charge in [-0.1, -0.05) is 35.9 Å². The van der Waals surface area contributed by atoms with E-state index in [1.54, 1.807) is 0 Å². The number of nitrogens with two attached hydrogens (primary N) is 1. The molecule has 0 saturated heterocycles. The molecule has 1 aromatic carbocycles. The van der Waals surface area contributed by atoms with Crippen molar-refractivity contribution in [1.29, 1.82) is 0 Å². The van der Waals surface area contributed by atoms with Crippen molar-refractivity contribution in [1.82, 2.24) is 9.97 Å². The fraction of sp³-hybridized carbons (Fsp3) is 0.350. The fourth-order valence-corrected chi connectivity index (χ4v) is 3.51. The van der Waals surface area contributed by atoms with Gasteiger partial charge in [0, 0.05) is 30.7 Å². The van der Waals surface area contributed by atoms with Gasteiger partial charge in [-0.15, -0.1) is 0 Å². The lowest BCUT2D eigenvalue weighted by atomic mass is 9.87. The van der Waals surface area contributed by atoms with Crippen LogP contribution in [0.15, 0.2) is 42.7 Å². The minimum Gasteiger partial charge on any atom is -0.466 e. The van der Waals surface area contributed by atoms with Gasteiger partial charge in [0.1, 0.15) is 18.0 Å². The molecule has 3 rings (SSSR count). The molecule has 27 heavy (non-hydrogen) atoms. The van der Waals surface area contributed by atoms with Gasteiger partial charge in [0.25, 0.3) is 0 Å². The molecule has 0 aliphatic carbocycles. The molecule has 0 radical (unpaired) electrons. The number of anilines is 2. The Morgan fingerprint density at radius 2 is 2.07 bits per heavy atom. The zero-order chi connectivity index (χ0) is 19.4. The third kappa shape index (κ3) is 3.78. The Bertz CT molecular complexity index is 836. The van der Waals surface area contributed by atoms with E-state index in [0.717, 1.165) is 22.5 Å². The third-order valence-corrected chi connectivity index (χ3v) is 4.80. The molecule has 0 saturated carbocycles. The number of rotatable bonds is 6. The normalized spacial score (nSPS) is 18.7. The summed E-state index contributed by atoms with van der Waals surface area (Å²) in [5.74, 6) is 0.616. The first-order valence-corrected chi connectivity index (χ1v) is 8.87. The Balaban J connectivity index is 2.12. The van der Waals surface area contributed by atoms with Gasteiger partial charge in [-0.05, 0) is 18.9 Å². The quantitative estimate of drug-likeness (QED) is 0.592. The molecule has 2 unspecified atom stereocenters. The number of benzene rings is 1. The summed E-state index contributed by atoms with van der Waals surface area (Å²) in [5, 5.41) is 9.31. The van der Waals surface area contributed by atoms with E-state index < -0.39 is 5.97 Å². The van der Waals surface area contributed by atoms with Crippen LogP contribution in [0.1, 0.15) is 29.0 Å². The molecule has 2 atom stereocenters. The second kappa shape index (κ2) is 8.18. The maximum absolute atomic E-state index is 11.7. The molecule has 3 N–H and O–H groups in total. The van der Waals surface area contributed by atoms with E-state index in [0.29, 0.717) is 18.8 Å². The largest absolute Gasteiger partial charge is 0.466 e. The molecular weight excluding hydrogens is 344 g/mol. The second-order valence-corrected chi connectivity index (χ2v) is 6.53. The predicted octanol–water partition coefficient (Wildman–Crippen LogP) is 1.80. The number of aliphatic hydroxyl groups is 1. The van der Waals surface area contributed by atoms with E-state index >= 15 is 0 Å². The first-order chi connectivity index (χ1) is 13.1. The van der Waals surface area contributed by atoms with E-state index in [1.807, 2.05) is 25.1 Å². The zero-order valence-corrected chi connectivity index (χ0v) is 15.5. The van der Waals surface area contributed by atoms with Crippen LogP contribution in [0.2, 0.25) is 0 Å². The Morgan fingerprint density at radius 3 is 2.74 bits per heavy atom. The molecule has 7 heteroatoms. The molecule has 7 nitrogen and oxygen atoms in total. The number of nitrogens with zero attached hydrogens (tertiary/aromatic N) is 3. The first-order valence-electron chi connectivity index (χ1n) is 8.87. The summed E-state index contributed by atoms with van der Waals surface area (Å²) < 4.78 is 4.75. The van der Waals surface area contributed by atoms with E-state index in [9.17, 15) is 9.90 Å².